The van der Waals surface area contributed by atoms with Gasteiger partial charge in [0, 0.05) is 21.6 Å². The van der Waals surface area contributed by atoms with Crippen LogP contribution in [0.2, 0.25) is 0 Å². The Bertz CT molecular complexity index is 551. The molecule has 0 N–H and O–H groups in total. The summed E-state index contributed by atoms with van der Waals surface area (Å²) in [6, 6.07) is 7.70. The Morgan fingerprint density at radius 2 is 2.00 bits per heavy atom. The minimum atomic E-state index is 0.717. The highest BCUT2D eigenvalue weighted by atomic mass is 16.1. The predicted molar refractivity (Wildman–Crippen MR) is 51.3 cm³/mol. The van der Waals surface area contributed by atoms with E-state index >= 15 is 0 Å². The minimum Gasteiger partial charge on any atom is -0.298 e. The molecule has 0 unspecified atom stereocenters. The van der Waals surface area contributed by atoms with E-state index in [1.54, 1.807) is 0 Å². The lowest BCUT2D eigenvalue weighted by atomic mass is 10.0. The van der Waals surface area contributed by atoms with E-state index in [2.05, 4.69) is 11.5 Å². The van der Waals surface area contributed by atoms with Gasteiger partial charge in [0.05, 0.1) is 0 Å². The number of fused-ring (bicyclic) bond motifs is 1. The molecule has 62 valence electrons. The molecule has 0 aromatic heterocycles. The van der Waals surface area contributed by atoms with Gasteiger partial charge in [-0.05, 0) is 13.0 Å². The third kappa shape index (κ3) is 1.17. The van der Waals surface area contributed by atoms with Gasteiger partial charge in [0.1, 0.15) is 0 Å². The van der Waals surface area contributed by atoms with E-state index in [0.717, 1.165) is 22.3 Å². The molecule has 1 nitrogen and oxygen atoms in total. The number of benzene rings is 1. The molecule has 1 aromatic rings. The molecule has 0 amide bonds. The van der Waals surface area contributed by atoms with Gasteiger partial charge in [0.25, 0.3) is 0 Å². The first-order valence-electron chi connectivity index (χ1n) is 4.10. The molecule has 0 aliphatic heterocycles. The summed E-state index contributed by atoms with van der Waals surface area (Å²) in [5.74, 6) is 0. The largest absolute Gasteiger partial charge is 0.298 e. The van der Waals surface area contributed by atoms with Crippen LogP contribution in [0.4, 0.5) is 0 Å². The Morgan fingerprint density at radius 1 is 1.23 bits per heavy atom. The molecule has 0 heterocycles. The van der Waals surface area contributed by atoms with E-state index in [1.165, 1.54) is 0 Å². The van der Waals surface area contributed by atoms with Crippen molar-refractivity contribution in [3.63, 3.8) is 0 Å². The molecule has 1 aliphatic carbocycles. The maximum atomic E-state index is 10.8. The SMILES string of the molecule is CC1=C=C=c2ccccc2=C1C=O. The zero-order valence-electron chi connectivity index (χ0n) is 7.29. The van der Waals surface area contributed by atoms with Gasteiger partial charge in [-0.25, -0.2) is 0 Å². The maximum Gasteiger partial charge on any atom is 0.151 e. The molecule has 0 fully saturated rings. The number of carbonyl (C=O) groups excluding carboxylic acids is 1. The Kier molecular flexibility index (Phi) is 1.75. The fourth-order valence-electron chi connectivity index (χ4n) is 1.41. The van der Waals surface area contributed by atoms with Gasteiger partial charge in [-0.1, -0.05) is 29.7 Å². The number of allylic oxidation sites excluding steroid dienone is 1. The van der Waals surface area contributed by atoms with E-state index in [9.17, 15) is 4.79 Å². The van der Waals surface area contributed by atoms with Crippen LogP contribution in [0.25, 0.3) is 11.3 Å². The lowest BCUT2D eigenvalue weighted by molar-refractivity contribution is -0.103. The van der Waals surface area contributed by atoms with E-state index in [-0.39, 0.29) is 0 Å². The second kappa shape index (κ2) is 2.91. The zero-order chi connectivity index (χ0) is 9.26. The lowest BCUT2D eigenvalue weighted by Gasteiger charge is -1.99. The van der Waals surface area contributed by atoms with Crippen LogP contribution in [-0.2, 0) is 4.79 Å². The van der Waals surface area contributed by atoms with Gasteiger partial charge in [0.2, 0.25) is 0 Å². The normalized spacial score (nSPS) is 13.0. The molecule has 1 heteroatoms. The average Bonchev–Trinajstić information content (AvgIpc) is 2.18. The van der Waals surface area contributed by atoms with Crippen LogP contribution in [0, 0.1) is 0 Å². The highest BCUT2D eigenvalue weighted by molar-refractivity contribution is 6.06. The topological polar surface area (TPSA) is 17.1 Å². The van der Waals surface area contributed by atoms with E-state index in [0.29, 0.717) is 5.57 Å². The summed E-state index contributed by atoms with van der Waals surface area (Å²) in [6.07, 6.45) is 0.877. The minimum absolute atomic E-state index is 0.717. The lowest BCUT2D eigenvalue weighted by Crippen LogP contribution is -2.27. The predicted octanol–water partition coefficient (Wildman–Crippen LogP) is 0.531. The molecule has 2 rings (SSSR count). The third-order valence-corrected chi connectivity index (χ3v) is 2.12. The number of carbonyl (C=O) groups is 1. The molecule has 0 saturated carbocycles. The second-order valence-corrected chi connectivity index (χ2v) is 2.95. The fourth-order valence-corrected chi connectivity index (χ4v) is 1.41. The average molecular weight is 168 g/mol. The molecule has 0 spiro atoms. The van der Waals surface area contributed by atoms with Crippen LogP contribution in [-0.4, -0.2) is 6.29 Å². The van der Waals surface area contributed by atoms with E-state index in [4.69, 9.17) is 0 Å². The fraction of sp³-hybridized carbons (Fsp3) is 0.0833. The quantitative estimate of drug-likeness (QED) is 0.441. The smallest absolute Gasteiger partial charge is 0.151 e. The Morgan fingerprint density at radius 3 is 2.77 bits per heavy atom. The molecule has 0 atom stereocenters. The molecule has 0 radical (unpaired) electrons. The van der Waals surface area contributed by atoms with E-state index < -0.39 is 0 Å². The molecule has 1 aromatic carbocycles. The van der Waals surface area contributed by atoms with Gasteiger partial charge in [-0.15, -0.1) is 0 Å². The van der Waals surface area contributed by atoms with Crippen molar-refractivity contribution in [2.45, 2.75) is 6.92 Å². The Hall–Kier alpha value is -1.81. The van der Waals surface area contributed by atoms with Crippen LogP contribution >= 0.6 is 0 Å². The van der Waals surface area contributed by atoms with Crippen LogP contribution < -0.4 is 10.4 Å². The summed E-state index contributed by atoms with van der Waals surface area (Å²) >= 11 is 0. The Balaban J connectivity index is 3.08. The Labute approximate surface area is 76.0 Å². The van der Waals surface area contributed by atoms with Crippen LogP contribution in [0.5, 0.6) is 0 Å². The van der Waals surface area contributed by atoms with Crippen molar-refractivity contribution in [1.29, 1.82) is 0 Å². The van der Waals surface area contributed by atoms with Gasteiger partial charge < -0.3 is 0 Å². The molecular formula is C12H8O. The number of hydrogen-bond acceptors (Lipinski definition) is 1. The maximum absolute atomic E-state index is 10.8. The number of rotatable bonds is 1. The number of hydrogen-bond donors (Lipinski definition) is 0. The summed E-state index contributed by atoms with van der Waals surface area (Å²) in [5.41, 5.74) is 7.52. The van der Waals surface area contributed by atoms with Crippen LogP contribution in [0.1, 0.15) is 6.92 Å². The summed E-state index contributed by atoms with van der Waals surface area (Å²) in [6.45, 7) is 1.87. The van der Waals surface area contributed by atoms with Crippen molar-refractivity contribution in [3.05, 3.63) is 46.0 Å². The standard InChI is InChI=1S/C12H8O/c1-9-6-7-10-4-2-3-5-11(10)12(9)8-13/h2-5,8H,1H3. The van der Waals surface area contributed by atoms with Crippen molar-refractivity contribution in [2.24, 2.45) is 0 Å². The summed E-state index contributed by atoms with van der Waals surface area (Å²) in [7, 11) is 0. The first-order chi connectivity index (χ1) is 6.33. The van der Waals surface area contributed by atoms with Crippen molar-refractivity contribution >= 4 is 17.6 Å². The van der Waals surface area contributed by atoms with Crippen molar-refractivity contribution in [1.82, 2.24) is 0 Å². The van der Waals surface area contributed by atoms with Gasteiger partial charge in [0.15, 0.2) is 6.29 Å². The van der Waals surface area contributed by atoms with Crippen molar-refractivity contribution < 1.29 is 4.79 Å². The third-order valence-electron chi connectivity index (χ3n) is 2.12. The highest BCUT2D eigenvalue weighted by Gasteiger charge is 2.01. The molecule has 13 heavy (non-hydrogen) atoms. The summed E-state index contributed by atoms with van der Waals surface area (Å²) < 4.78 is 0. The van der Waals surface area contributed by atoms with Crippen LogP contribution in [0.15, 0.2) is 35.6 Å². The van der Waals surface area contributed by atoms with Gasteiger partial charge >= 0.3 is 0 Å². The molecule has 0 bridgehead atoms. The number of aldehydes is 1. The van der Waals surface area contributed by atoms with Crippen LogP contribution in [0.3, 0.4) is 0 Å². The monoisotopic (exact) mass is 168 g/mol. The van der Waals surface area contributed by atoms with Gasteiger partial charge in [-0.3, -0.25) is 4.79 Å². The summed E-state index contributed by atoms with van der Waals surface area (Å²) in [4.78, 5) is 10.8. The first kappa shape index (κ1) is 7.82. The van der Waals surface area contributed by atoms with Gasteiger partial charge in [-0.2, -0.15) is 0 Å². The molecule has 1 aliphatic rings. The van der Waals surface area contributed by atoms with Crippen molar-refractivity contribution in [3.8, 4) is 0 Å². The van der Waals surface area contributed by atoms with E-state index in [1.807, 2.05) is 31.2 Å². The molecular weight excluding hydrogens is 160 g/mol. The molecule has 0 saturated heterocycles. The highest BCUT2D eigenvalue weighted by Crippen LogP contribution is 2.03. The second-order valence-electron chi connectivity index (χ2n) is 2.95. The summed E-state index contributed by atoms with van der Waals surface area (Å²) in [5, 5.41) is 1.89. The van der Waals surface area contributed by atoms with Crippen molar-refractivity contribution in [2.75, 3.05) is 0 Å². The first-order valence-corrected chi connectivity index (χ1v) is 4.10. The zero-order valence-corrected chi connectivity index (χ0v) is 7.29.